The molecule has 104 valence electrons. The Morgan fingerprint density at radius 3 is 2.00 bits per heavy atom. The maximum absolute atomic E-state index is 4.39. The zero-order chi connectivity index (χ0) is 14.2. The van der Waals surface area contributed by atoms with Crippen molar-refractivity contribution in [1.82, 2.24) is 15.0 Å². The van der Waals surface area contributed by atoms with E-state index >= 15 is 0 Å². The standard InChI is InChI=1S/C15H29N3/c1-9-14(5,6)11-15(7,8)12-10-18(17-16-12)13(2,3)4/h10H,9,11H2,1-8H3. The van der Waals surface area contributed by atoms with Crippen molar-refractivity contribution in [3.63, 3.8) is 0 Å². The molecule has 1 rings (SSSR count). The van der Waals surface area contributed by atoms with Gasteiger partial charge in [-0.3, -0.25) is 0 Å². The first-order valence-corrected chi connectivity index (χ1v) is 6.91. The summed E-state index contributed by atoms with van der Waals surface area (Å²) in [7, 11) is 0. The minimum Gasteiger partial charge on any atom is -0.247 e. The average molecular weight is 251 g/mol. The summed E-state index contributed by atoms with van der Waals surface area (Å²) in [5.74, 6) is 0. The van der Waals surface area contributed by atoms with E-state index in [1.165, 1.54) is 6.42 Å². The van der Waals surface area contributed by atoms with Crippen LogP contribution in [0, 0.1) is 5.41 Å². The van der Waals surface area contributed by atoms with Gasteiger partial charge in [0.1, 0.15) is 0 Å². The quantitative estimate of drug-likeness (QED) is 0.805. The SMILES string of the molecule is CCC(C)(C)CC(C)(C)c1cn(C(C)(C)C)nn1. The van der Waals surface area contributed by atoms with Crippen molar-refractivity contribution in [2.75, 3.05) is 0 Å². The number of nitrogens with zero attached hydrogens (tertiary/aromatic N) is 3. The Labute approximate surface area is 112 Å². The van der Waals surface area contributed by atoms with Crippen molar-refractivity contribution in [3.05, 3.63) is 11.9 Å². The first-order chi connectivity index (χ1) is 7.98. The van der Waals surface area contributed by atoms with Crippen LogP contribution in [0.15, 0.2) is 6.20 Å². The second-order valence-corrected chi connectivity index (χ2v) is 7.80. The van der Waals surface area contributed by atoms with Crippen LogP contribution in [0.3, 0.4) is 0 Å². The lowest BCUT2D eigenvalue weighted by atomic mass is 9.72. The molecule has 3 heteroatoms. The average Bonchev–Trinajstić information content (AvgIpc) is 2.64. The monoisotopic (exact) mass is 251 g/mol. The molecule has 1 aromatic rings. The second-order valence-electron chi connectivity index (χ2n) is 7.80. The second kappa shape index (κ2) is 4.67. The van der Waals surface area contributed by atoms with Crippen molar-refractivity contribution >= 4 is 0 Å². The molecule has 0 saturated carbocycles. The van der Waals surface area contributed by atoms with Gasteiger partial charge in [-0.15, -0.1) is 5.10 Å². The highest BCUT2D eigenvalue weighted by atomic mass is 15.4. The topological polar surface area (TPSA) is 30.7 Å². The number of hydrogen-bond acceptors (Lipinski definition) is 2. The zero-order valence-electron chi connectivity index (χ0n) is 13.3. The maximum Gasteiger partial charge on any atom is 0.0883 e. The van der Waals surface area contributed by atoms with Crippen LogP contribution in [0.25, 0.3) is 0 Å². The van der Waals surface area contributed by atoms with Crippen LogP contribution in [0.4, 0.5) is 0 Å². The van der Waals surface area contributed by atoms with Crippen LogP contribution in [0.1, 0.15) is 73.9 Å². The molecule has 0 saturated heterocycles. The maximum atomic E-state index is 4.39. The molecular weight excluding hydrogens is 222 g/mol. The van der Waals surface area contributed by atoms with Crippen LogP contribution in [0.2, 0.25) is 0 Å². The van der Waals surface area contributed by atoms with E-state index in [-0.39, 0.29) is 11.0 Å². The predicted molar refractivity (Wildman–Crippen MR) is 76.7 cm³/mol. The van der Waals surface area contributed by atoms with Crippen LogP contribution in [-0.2, 0) is 11.0 Å². The highest BCUT2D eigenvalue weighted by Crippen LogP contribution is 2.37. The Morgan fingerprint density at radius 2 is 1.61 bits per heavy atom. The van der Waals surface area contributed by atoms with Gasteiger partial charge in [0.25, 0.3) is 0 Å². The first kappa shape index (κ1) is 15.2. The summed E-state index contributed by atoms with van der Waals surface area (Å²) < 4.78 is 1.96. The van der Waals surface area contributed by atoms with E-state index in [9.17, 15) is 0 Å². The van der Waals surface area contributed by atoms with Crippen LogP contribution < -0.4 is 0 Å². The summed E-state index contributed by atoms with van der Waals surface area (Å²) in [5, 5.41) is 8.66. The highest BCUT2D eigenvalue weighted by Gasteiger charge is 2.32. The van der Waals surface area contributed by atoms with E-state index in [1.54, 1.807) is 0 Å². The van der Waals surface area contributed by atoms with E-state index < -0.39 is 0 Å². The fraction of sp³-hybridized carbons (Fsp3) is 0.867. The van der Waals surface area contributed by atoms with Gasteiger partial charge < -0.3 is 0 Å². The van der Waals surface area contributed by atoms with Gasteiger partial charge in [-0.1, -0.05) is 46.3 Å². The van der Waals surface area contributed by atoms with Gasteiger partial charge >= 0.3 is 0 Å². The zero-order valence-corrected chi connectivity index (χ0v) is 13.3. The minimum atomic E-state index is 0.00159. The Balaban J connectivity index is 2.96. The lowest BCUT2D eigenvalue weighted by Crippen LogP contribution is -2.27. The van der Waals surface area contributed by atoms with Crippen molar-refractivity contribution in [2.24, 2.45) is 5.41 Å². The molecule has 0 N–H and O–H groups in total. The Hall–Kier alpha value is -0.860. The molecule has 18 heavy (non-hydrogen) atoms. The summed E-state index contributed by atoms with van der Waals surface area (Å²) in [6.07, 6.45) is 4.41. The summed E-state index contributed by atoms with van der Waals surface area (Å²) >= 11 is 0. The molecule has 0 aliphatic rings. The molecule has 1 heterocycles. The van der Waals surface area contributed by atoms with Crippen molar-refractivity contribution in [3.8, 4) is 0 Å². The lowest BCUT2D eigenvalue weighted by Gasteiger charge is -2.33. The third-order valence-corrected chi connectivity index (χ3v) is 3.75. The molecular formula is C15H29N3. The predicted octanol–water partition coefficient (Wildman–Crippen LogP) is 4.14. The molecule has 0 aliphatic carbocycles. The summed E-state index contributed by atoms with van der Waals surface area (Å²) in [4.78, 5) is 0. The molecule has 1 aromatic heterocycles. The third kappa shape index (κ3) is 3.56. The normalized spacial score (nSPS) is 14.0. The van der Waals surface area contributed by atoms with Crippen molar-refractivity contribution in [1.29, 1.82) is 0 Å². The Kier molecular flexibility index (Phi) is 3.94. The molecule has 0 spiro atoms. The number of aromatic nitrogens is 3. The van der Waals surface area contributed by atoms with Crippen LogP contribution in [-0.4, -0.2) is 15.0 Å². The van der Waals surface area contributed by atoms with Crippen LogP contribution >= 0.6 is 0 Å². The lowest BCUT2D eigenvalue weighted by molar-refractivity contribution is 0.244. The minimum absolute atomic E-state index is 0.00159. The summed E-state index contributed by atoms with van der Waals surface area (Å²) in [6.45, 7) is 17.9. The van der Waals surface area contributed by atoms with E-state index in [0.717, 1.165) is 12.1 Å². The molecule has 3 nitrogen and oxygen atoms in total. The van der Waals surface area contributed by atoms with Gasteiger partial charge in [0.2, 0.25) is 0 Å². The van der Waals surface area contributed by atoms with E-state index in [1.807, 2.05) is 4.68 Å². The molecule has 0 bridgehead atoms. The van der Waals surface area contributed by atoms with E-state index in [4.69, 9.17) is 0 Å². The van der Waals surface area contributed by atoms with Gasteiger partial charge in [0.05, 0.1) is 11.2 Å². The van der Waals surface area contributed by atoms with Crippen molar-refractivity contribution < 1.29 is 0 Å². The molecule has 0 unspecified atom stereocenters. The fourth-order valence-electron chi connectivity index (χ4n) is 2.31. The van der Waals surface area contributed by atoms with Crippen LogP contribution in [0.5, 0.6) is 0 Å². The molecule has 0 fully saturated rings. The summed E-state index contributed by atoms with van der Waals surface area (Å²) in [6, 6.07) is 0. The fourth-order valence-corrected chi connectivity index (χ4v) is 2.31. The van der Waals surface area contributed by atoms with Gasteiger partial charge in [-0.2, -0.15) is 0 Å². The van der Waals surface area contributed by atoms with E-state index in [2.05, 4.69) is 71.9 Å². The molecule has 0 aromatic carbocycles. The molecule has 0 amide bonds. The van der Waals surface area contributed by atoms with Gasteiger partial charge in [-0.25, -0.2) is 4.68 Å². The number of hydrogen-bond donors (Lipinski definition) is 0. The first-order valence-electron chi connectivity index (χ1n) is 6.91. The van der Waals surface area contributed by atoms with Gasteiger partial charge in [0.15, 0.2) is 0 Å². The smallest absolute Gasteiger partial charge is 0.0883 e. The summed E-state index contributed by atoms with van der Waals surface area (Å²) in [5.41, 5.74) is 1.51. The largest absolute Gasteiger partial charge is 0.247 e. The van der Waals surface area contributed by atoms with Gasteiger partial charge in [-0.05, 0) is 32.6 Å². The molecule has 0 atom stereocenters. The highest BCUT2D eigenvalue weighted by molar-refractivity contribution is 5.10. The third-order valence-electron chi connectivity index (χ3n) is 3.75. The molecule has 0 radical (unpaired) electrons. The van der Waals surface area contributed by atoms with E-state index in [0.29, 0.717) is 5.41 Å². The van der Waals surface area contributed by atoms with Gasteiger partial charge in [0, 0.05) is 11.6 Å². The number of rotatable bonds is 4. The molecule has 0 aliphatic heterocycles. The Bertz CT molecular complexity index is 394. The van der Waals surface area contributed by atoms with Crippen molar-refractivity contribution in [2.45, 2.75) is 79.2 Å². The Morgan fingerprint density at radius 1 is 1.06 bits per heavy atom.